The molecule has 0 amide bonds. The number of aryl methyl sites for hydroxylation is 1. The summed E-state index contributed by atoms with van der Waals surface area (Å²) >= 11 is 3.33. The fraction of sp³-hybridized carbons (Fsp3) is 0.333. The molecule has 0 saturated carbocycles. The molecule has 0 aromatic heterocycles. The van der Waals surface area contributed by atoms with E-state index in [-0.39, 0.29) is 31.7 Å². The van der Waals surface area contributed by atoms with E-state index in [2.05, 4.69) is 6.08 Å². The van der Waals surface area contributed by atoms with Gasteiger partial charge in [-0.2, -0.15) is 5.56 Å². The van der Waals surface area contributed by atoms with Gasteiger partial charge in [0, 0.05) is 21.1 Å². The van der Waals surface area contributed by atoms with Crippen molar-refractivity contribution in [3.8, 4) is 0 Å². The van der Waals surface area contributed by atoms with Crippen LogP contribution in [0.15, 0.2) is 17.2 Å². The molecule has 0 bridgehead atoms. The monoisotopic (exact) mass is 795 g/mol. The number of nitro benzene ring substituents is 1. The SMILES string of the molecule is [CH-]=C(C)C(C)=[C-]c1c(C)cc([N+](=O)[O-])c(C)c1C.[W].[W]=[W]. The van der Waals surface area contributed by atoms with E-state index in [1.54, 1.807) is 45.4 Å². The average Bonchev–Trinajstić information content (AvgIpc) is 2.40. The van der Waals surface area contributed by atoms with E-state index < -0.39 is 0 Å². The quantitative estimate of drug-likeness (QED) is 0.201. The summed E-state index contributed by atoms with van der Waals surface area (Å²) in [7, 11) is 0. The molecular weight excluding hydrogens is 778 g/mol. The molecule has 1 aromatic rings. The van der Waals surface area contributed by atoms with Crippen LogP contribution in [0.2, 0.25) is 0 Å². The van der Waals surface area contributed by atoms with Crippen LogP contribution >= 0.6 is 0 Å². The molecule has 0 aliphatic rings. The van der Waals surface area contributed by atoms with Crippen LogP contribution in [-0.2, 0) is 53.5 Å². The number of rotatable bonds is 3. The van der Waals surface area contributed by atoms with Crippen molar-refractivity contribution in [3.63, 3.8) is 0 Å². The second kappa shape index (κ2) is 10.8. The van der Waals surface area contributed by atoms with E-state index in [1.807, 2.05) is 27.7 Å². The first-order chi connectivity index (χ1) is 9.25. The Morgan fingerprint density at radius 1 is 1.24 bits per heavy atom. The normalized spacial score (nSPS) is 10.0. The van der Waals surface area contributed by atoms with Crippen LogP contribution in [0.4, 0.5) is 5.69 Å². The van der Waals surface area contributed by atoms with E-state index >= 15 is 0 Å². The van der Waals surface area contributed by atoms with Crippen LogP contribution in [-0.4, -0.2) is 4.92 Å². The molecule has 21 heavy (non-hydrogen) atoms. The first-order valence-electron chi connectivity index (χ1n) is 5.87. The van der Waals surface area contributed by atoms with Gasteiger partial charge in [0.2, 0.25) is 0 Å². The molecule has 0 radical (unpaired) electrons. The van der Waals surface area contributed by atoms with Crippen LogP contribution in [0.3, 0.4) is 0 Å². The number of nitro groups is 1. The number of nitrogens with zero attached hydrogens (tertiary/aromatic N) is 1. The van der Waals surface area contributed by atoms with Crippen molar-refractivity contribution in [1.82, 2.24) is 0 Å². The number of allylic oxidation sites excluding steroid dienone is 2. The second-order valence-corrected chi connectivity index (χ2v) is 4.53. The Bertz CT molecular complexity index is 581. The van der Waals surface area contributed by atoms with Gasteiger partial charge in [-0.05, 0) is 18.6 Å². The fourth-order valence-corrected chi connectivity index (χ4v) is 1.73. The van der Waals surface area contributed by atoms with E-state index in [1.165, 1.54) is 0 Å². The van der Waals surface area contributed by atoms with Crippen molar-refractivity contribution in [2.45, 2.75) is 34.6 Å². The fourth-order valence-electron chi connectivity index (χ4n) is 1.73. The van der Waals surface area contributed by atoms with Gasteiger partial charge in [0.1, 0.15) is 0 Å². The predicted molar refractivity (Wildman–Crippen MR) is 72.3 cm³/mol. The summed E-state index contributed by atoms with van der Waals surface area (Å²) in [5.74, 6) is 0. The summed E-state index contributed by atoms with van der Waals surface area (Å²) in [6.07, 6.45) is 3.22. The van der Waals surface area contributed by atoms with Gasteiger partial charge in [0.05, 0.1) is 4.92 Å². The van der Waals surface area contributed by atoms with E-state index in [0.717, 1.165) is 22.3 Å². The third-order valence-electron chi connectivity index (χ3n) is 3.17. The first-order valence-corrected chi connectivity index (χ1v) is 16.9. The minimum atomic E-state index is -0.351. The molecular formula is C15H17NO2W3-2. The number of hydrogen-bond acceptors (Lipinski definition) is 2. The van der Waals surface area contributed by atoms with Crippen LogP contribution in [0.25, 0.3) is 0 Å². The molecule has 0 spiro atoms. The van der Waals surface area contributed by atoms with Gasteiger partial charge in [-0.15, -0.1) is 25.0 Å². The molecule has 0 aliphatic heterocycles. The average molecular weight is 795 g/mol. The molecule has 0 heterocycles. The van der Waals surface area contributed by atoms with Gasteiger partial charge >= 0.3 is 32.4 Å². The van der Waals surface area contributed by atoms with Crippen molar-refractivity contribution < 1.29 is 58.4 Å². The van der Waals surface area contributed by atoms with Gasteiger partial charge in [0.25, 0.3) is 5.69 Å². The van der Waals surface area contributed by atoms with E-state index in [4.69, 9.17) is 6.58 Å². The van der Waals surface area contributed by atoms with Gasteiger partial charge in [-0.3, -0.25) is 21.3 Å². The summed E-state index contributed by atoms with van der Waals surface area (Å²) in [4.78, 5) is 10.6. The van der Waals surface area contributed by atoms with Crippen molar-refractivity contribution >= 4 is 5.69 Å². The Hall–Kier alpha value is 0.165. The Morgan fingerprint density at radius 3 is 2.10 bits per heavy atom. The number of benzene rings is 1. The van der Waals surface area contributed by atoms with Gasteiger partial charge in [-0.25, -0.2) is 6.08 Å². The van der Waals surface area contributed by atoms with Gasteiger partial charge < -0.3 is 6.58 Å². The molecule has 0 aliphatic carbocycles. The third-order valence-corrected chi connectivity index (χ3v) is 3.17. The molecule has 6 heteroatoms. The zero-order valence-electron chi connectivity index (χ0n) is 12.6. The summed E-state index contributed by atoms with van der Waals surface area (Å²) in [5.41, 5.74) is 4.99. The zero-order valence-corrected chi connectivity index (χ0v) is 21.4. The molecule has 1 rings (SSSR count). The summed E-state index contributed by atoms with van der Waals surface area (Å²) in [6, 6.07) is 1.59. The van der Waals surface area contributed by atoms with Gasteiger partial charge in [-0.1, -0.05) is 13.8 Å². The topological polar surface area (TPSA) is 43.1 Å². The molecule has 0 atom stereocenters. The van der Waals surface area contributed by atoms with Crippen molar-refractivity contribution in [1.29, 1.82) is 0 Å². The summed E-state index contributed by atoms with van der Waals surface area (Å²) in [6.45, 7) is 14.9. The number of hydrogen-bond donors (Lipinski definition) is 0. The Kier molecular flexibility index (Phi) is 12.1. The summed E-state index contributed by atoms with van der Waals surface area (Å²) in [5, 5.41) is 10.9. The molecule has 3 nitrogen and oxygen atoms in total. The zero-order chi connectivity index (χ0) is 16.0. The van der Waals surface area contributed by atoms with Crippen molar-refractivity contribution in [2.24, 2.45) is 0 Å². The van der Waals surface area contributed by atoms with E-state index in [0.29, 0.717) is 11.1 Å². The Morgan fingerprint density at radius 2 is 1.71 bits per heavy atom. The molecule has 0 fully saturated rings. The van der Waals surface area contributed by atoms with Gasteiger partial charge in [0.15, 0.2) is 0 Å². The Labute approximate surface area is 159 Å². The van der Waals surface area contributed by atoms with E-state index in [9.17, 15) is 10.1 Å². The maximum absolute atomic E-state index is 10.9. The molecule has 0 saturated heterocycles. The van der Waals surface area contributed by atoms with Crippen molar-refractivity contribution in [2.75, 3.05) is 0 Å². The van der Waals surface area contributed by atoms with Crippen LogP contribution in [0.1, 0.15) is 36.1 Å². The minimum absolute atomic E-state index is 0. The third kappa shape index (κ3) is 6.43. The molecule has 0 unspecified atom stereocenters. The van der Waals surface area contributed by atoms with Crippen LogP contribution in [0, 0.1) is 43.5 Å². The molecule has 1 aromatic carbocycles. The maximum atomic E-state index is 10.9. The second-order valence-electron chi connectivity index (χ2n) is 4.53. The summed E-state index contributed by atoms with van der Waals surface area (Å²) < 4.78 is 0. The first kappa shape index (κ1) is 23.4. The Balaban J connectivity index is 0. The standard InChI is InChI=1S/C15H17NO2.3W/c1-9(2)10(3)7-14-11(4)8-15(16(17)18)13(6)12(14)5;;;/h1,8H,2-6H3;;;/q-2;;;. The molecule has 0 N–H and O–H groups in total. The van der Waals surface area contributed by atoms with Crippen LogP contribution < -0.4 is 0 Å². The molecule has 114 valence electrons. The predicted octanol–water partition coefficient (Wildman–Crippen LogP) is 3.99. The van der Waals surface area contributed by atoms with Crippen LogP contribution in [0.5, 0.6) is 0 Å². The van der Waals surface area contributed by atoms with Crippen molar-refractivity contribution in [3.05, 3.63) is 62.2 Å².